The van der Waals surface area contributed by atoms with Crippen LogP contribution in [0.1, 0.15) is 23.9 Å². The van der Waals surface area contributed by atoms with Gasteiger partial charge in [0.05, 0.1) is 0 Å². The lowest BCUT2D eigenvalue weighted by molar-refractivity contribution is 0.830. The van der Waals surface area contributed by atoms with E-state index in [0.29, 0.717) is 5.82 Å². The SMILES string of the molecule is CCc1nc(NN)c(C)c(N(C)CCc2ccccc2)n1. The minimum atomic E-state index is 0.698. The number of hydrogen-bond donors (Lipinski definition) is 2. The molecule has 2 rings (SSSR count). The summed E-state index contributed by atoms with van der Waals surface area (Å²) < 4.78 is 0. The molecule has 0 bridgehead atoms. The van der Waals surface area contributed by atoms with Crippen LogP contribution in [-0.2, 0) is 12.8 Å². The van der Waals surface area contributed by atoms with Gasteiger partial charge in [-0.3, -0.25) is 0 Å². The Bertz CT molecular complexity index is 583. The van der Waals surface area contributed by atoms with Crippen molar-refractivity contribution >= 4 is 11.6 Å². The Morgan fingerprint density at radius 2 is 1.90 bits per heavy atom. The fraction of sp³-hybridized carbons (Fsp3) is 0.375. The van der Waals surface area contributed by atoms with E-state index in [4.69, 9.17) is 5.84 Å². The van der Waals surface area contributed by atoms with Gasteiger partial charge in [0.1, 0.15) is 17.5 Å². The third-order valence-electron chi connectivity index (χ3n) is 3.56. The predicted octanol–water partition coefficient (Wildman–Crippen LogP) is 2.31. The van der Waals surface area contributed by atoms with E-state index < -0.39 is 0 Å². The molecule has 0 fully saturated rings. The lowest BCUT2D eigenvalue weighted by Crippen LogP contribution is -2.24. The molecule has 0 aliphatic heterocycles. The molecule has 0 aliphatic carbocycles. The molecule has 5 heteroatoms. The Hall–Kier alpha value is -2.14. The van der Waals surface area contributed by atoms with Gasteiger partial charge in [-0.1, -0.05) is 37.3 Å². The molecule has 112 valence electrons. The summed E-state index contributed by atoms with van der Waals surface area (Å²) in [5.74, 6) is 7.98. The molecule has 0 unspecified atom stereocenters. The Labute approximate surface area is 126 Å². The summed E-state index contributed by atoms with van der Waals surface area (Å²) in [5.41, 5.74) is 4.96. The summed E-state index contributed by atoms with van der Waals surface area (Å²) in [6.45, 7) is 4.93. The molecule has 1 heterocycles. The third-order valence-corrected chi connectivity index (χ3v) is 3.56. The average molecular weight is 285 g/mol. The normalized spacial score (nSPS) is 10.5. The first kappa shape index (κ1) is 15.3. The zero-order chi connectivity index (χ0) is 15.2. The molecule has 1 aromatic carbocycles. The molecule has 1 aromatic heterocycles. The van der Waals surface area contributed by atoms with Crippen LogP contribution in [0, 0.1) is 6.92 Å². The second kappa shape index (κ2) is 7.04. The highest BCUT2D eigenvalue weighted by Crippen LogP contribution is 2.22. The molecule has 0 spiro atoms. The summed E-state index contributed by atoms with van der Waals surface area (Å²) in [5, 5.41) is 0. The fourth-order valence-electron chi connectivity index (χ4n) is 2.27. The van der Waals surface area contributed by atoms with Gasteiger partial charge in [0, 0.05) is 25.6 Å². The molecule has 0 atom stereocenters. The summed E-state index contributed by atoms with van der Waals surface area (Å²) in [6.07, 6.45) is 1.77. The van der Waals surface area contributed by atoms with Crippen LogP contribution >= 0.6 is 0 Å². The van der Waals surface area contributed by atoms with Gasteiger partial charge in [-0.25, -0.2) is 15.8 Å². The van der Waals surface area contributed by atoms with Crippen molar-refractivity contribution in [3.05, 3.63) is 47.3 Å². The van der Waals surface area contributed by atoms with Crippen LogP contribution in [0.4, 0.5) is 11.6 Å². The topological polar surface area (TPSA) is 67.1 Å². The van der Waals surface area contributed by atoms with Crippen LogP contribution in [0.15, 0.2) is 30.3 Å². The smallest absolute Gasteiger partial charge is 0.148 e. The number of aromatic nitrogens is 2. The number of nitrogens with one attached hydrogen (secondary N) is 1. The Kier molecular flexibility index (Phi) is 5.11. The zero-order valence-corrected chi connectivity index (χ0v) is 12.9. The van der Waals surface area contributed by atoms with E-state index in [1.165, 1.54) is 5.56 Å². The van der Waals surface area contributed by atoms with Gasteiger partial charge >= 0.3 is 0 Å². The maximum atomic E-state index is 5.55. The van der Waals surface area contributed by atoms with E-state index in [1.807, 2.05) is 19.9 Å². The van der Waals surface area contributed by atoms with Gasteiger partial charge in [0.2, 0.25) is 0 Å². The van der Waals surface area contributed by atoms with Crippen LogP contribution in [0.2, 0.25) is 0 Å². The fourth-order valence-corrected chi connectivity index (χ4v) is 2.27. The van der Waals surface area contributed by atoms with E-state index >= 15 is 0 Å². The lowest BCUT2D eigenvalue weighted by Gasteiger charge is -2.22. The number of nitrogens with two attached hydrogens (primary N) is 1. The van der Waals surface area contributed by atoms with Crippen LogP contribution in [-0.4, -0.2) is 23.6 Å². The van der Waals surface area contributed by atoms with E-state index in [-0.39, 0.29) is 0 Å². The van der Waals surface area contributed by atoms with Gasteiger partial charge in [0.25, 0.3) is 0 Å². The number of anilines is 2. The van der Waals surface area contributed by atoms with Gasteiger partial charge in [0.15, 0.2) is 0 Å². The number of aryl methyl sites for hydroxylation is 1. The maximum Gasteiger partial charge on any atom is 0.148 e. The van der Waals surface area contributed by atoms with Gasteiger partial charge in [-0.2, -0.15) is 0 Å². The number of hydrogen-bond acceptors (Lipinski definition) is 5. The zero-order valence-electron chi connectivity index (χ0n) is 12.9. The van der Waals surface area contributed by atoms with Crippen molar-refractivity contribution in [3.8, 4) is 0 Å². The number of likely N-dealkylation sites (N-methyl/N-ethyl adjacent to an activating group) is 1. The molecular weight excluding hydrogens is 262 g/mol. The van der Waals surface area contributed by atoms with E-state index in [9.17, 15) is 0 Å². The minimum Gasteiger partial charge on any atom is -0.359 e. The minimum absolute atomic E-state index is 0.698. The second-order valence-corrected chi connectivity index (χ2v) is 5.09. The monoisotopic (exact) mass is 285 g/mol. The van der Waals surface area contributed by atoms with Crippen molar-refractivity contribution < 1.29 is 0 Å². The van der Waals surface area contributed by atoms with Crippen molar-refractivity contribution in [3.63, 3.8) is 0 Å². The number of nitrogen functional groups attached to an aromatic ring is 1. The Balaban J connectivity index is 2.16. The quantitative estimate of drug-likeness (QED) is 0.630. The van der Waals surface area contributed by atoms with Crippen molar-refractivity contribution in [1.29, 1.82) is 0 Å². The highest BCUT2D eigenvalue weighted by Gasteiger charge is 2.13. The Morgan fingerprint density at radius 3 is 2.52 bits per heavy atom. The summed E-state index contributed by atoms with van der Waals surface area (Å²) in [4.78, 5) is 11.2. The van der Waals surface area contributed by atoms with Crippen molar-refractivity contribution in [2.24, 2.45) is 5.84 Å². The standard InChI is InChI=1S/C16H23N5/c1-4-14-18-15(20-17)12(2)16(19-14)21(3)11-10-13-8-6-5-7-9-13/h5-9H,4,10-11,17H2,1-3H3,(H,18,19,20). The molecule has 3 N–H and O–H groups in total. The average Bonchev–Trinajstić information content (AvgIpc) is 2.53. The first-order valence-corrected chi connectivity index (χ1v) is 7.25. The summed E-state index contributed by atoms with van der Waals surface area (Å²) in [6, 6.07) is 10.5. The first-order valence-electron chi connectivity index (χ1n) is 7.25. The molecule has 0 saturated carbocycles. The van der Waals surface area contributed by atoms with E-state index in [0.717, 1.165) is 36.6 Å². The number of nitrogens with zero attached hydrogens (tertiary/aromatic N) is 3. The predicted molar refractivity (Wildman–Crippen MR) is 87.4 cm³/mol. The number of rotatable bonds is 6. The van der Waals surface area contributed by atoms with Crippen LogP contribution in [0.3, 0.4) is 0 Å². The van der Waals surface area contributed by atoms with Crippen molar-refractivity contribution in [2.75, 3.05) is 23.9 Å². The molecule has 0 radical (unpaired) electrons. The number of hydrazine groups is 1. The molecular formula is C16H23N5. The van der Waals surface area contributed by atoms with Gasteiger partial charge in [-0.15, -0.1) is 0 Å². The maximum absolute atomic E-state index is 5.55. The van der Waals surface area contributed by atoms with Crippen molar-refractivity contribution in [2.45, 2.75) is 26.7 Å². The second-order valence-electron chi connectivity index (χ2n) is 5.09. The molecule has 5 nitrogen and oxygen atoms in total. The number of benzene rings is 1. The van der Waals surface area contributed by atoms with Gasteiger partial charge < -0.3 is 10.3 Å². The molecule has 0 aliphatic rings. The third kappa shape index (κ3) is 3.70. The Morgan fingerprint density at radius 1 is 1.19 bits per heavy atom. The van der Waals surface area contributed by atoms with Crippen LogP contribution in [0.25, 0.3) is 0 Å². The van der Waals surface area contributed by atoms with Gasteiger partial charge in [-0.05, 0) is 18.9 Å². The molecule has 0 amide bonds. The molecule has 2 aromatic rings. The van der Waals surface area contributed by atoms with Crippen molar-refractivity contribution in [1.82, 2.24) is 9.97 Å². The summed E-state index contributed by atoms with van der Waals surface area (Å²) in [7, 11) is 2.05. The van der Waals surface area contributed by atoms with E-state index in [1.54, 1.807) is 0 Å². The van der Waals surface area contributed by atoms with Crippen LogP contribution < -0.4 is 16.2 Å². The molecule has 21 heavy (non-hydrogen) atoms. The lowest BCUT2D eigenvalue weighted by atomic mass is 10.1. The highest BCUT2D eigenvalue weighted by molar-refractivity contribution is 5.57. The van der Waals surface area contributed by atoms with E-state index in [2.05, 4.69) is 51.6 Å². The van der Waals surface area contributed by atoms with Crippen LogP contribution in [0.5, 0.6) is 0 Å². The largest absolute Gasteiger partial charge is 0.359 e. The highest BCUT2D eigenvalue weighted by atomic mass is 15.3. The molecule has 0 saturated heterocycles. The first-order chi connectivity index (χ1) is 10.2. The summed E-state index contributed by atoms with van der Waals surface area (Å²) >= 11 is 0.